The van der Waals surface area contributed by atoms with Gasteiger partial charge in [0, 0.05) is 11.3 Å². The highest BCUT2D eigenvalue weighted by Crippen LogP contribution is 2.43. The van der Waals surface area contributed by atoms with Crippen molar-refractivity contribution < 1.29 is 28.7 Å². The molecular formula is C39H40N6O6S2. The zero-order valence-corrected chi connectivity index (χ0v) is 31.0. The molecule has 1 saturated carbocycles. The second-order valence-electron chi connectivity index (χ2n) is 14.2. The van der Waals surface area contributed by atoms with Crippen LogP contribution >= 0.6 is 23.1 Å². The highest BCUT2D eigenvalue weighted by Gasteiger charge is 2.56. The van der Waals surface area contributed by atoms with E-state index in [1.54, 1.807) is 39.0 Å². The van der Waals surface area contributed by atoms with Crippen LogP contribution in [0.4, 0.5) is 9.93 Å². The largest absolute Gasteiger partial charge is 0.448 e. The van der Waals surface area contributed by atoms with E-state index in [-0.39, 0.29) is 11.3 Å². The average Bonchev–Trinajstić information content (AvgIpc) is 3.89. The van der Waals surface area contributed by atoms with Crippen LogP contribution in [0, 0.1) is 5.92 Å². The fraction of sp³-hybridized carbons (Fsp3) is 0.308. The van der Waals surface area contributed by atoms with Gasteiger partial charge in [0.1, 0.15) is 22.7 Å². The summed E-state index contributed by atoms with van der Waals surface area (Å²) in [6, 6.07) is 22.6. The summed E-state index contributed by atoms with van der Waals surface area (Å²) in [6.07, 6.45) is 4.46. The lowest BCUT2D eigenvalue weighted by Crippen LogP contribution is -2.74. The maximum absolute atomic E-state index is 14.3. The molecule has 274 valence electrons. The lowest BCUT2D eigenvalue weighted by Gasteiger charge is -2.50. The number of hydrogen-bond acceptors (Lipinski definition) is 11. The number of aromatic nitrogens is 1. The van der Waals surface area contributed by atoms with Crippen molar-refractivity contribution in [2.75, 3.05) is 11.5 Å². The normalized spacial score (nSPS) is 19.8. The number of fused-ring (bicyclic) bond motifs is 2. The van der Waals surface area contributed by atoms with E-state index in [1.807, 2.05) is 66.7 Å². The van der Waals surface area contributed by atoms with Crippen molar-refractivity contribution in [2.45, 2.75) is 62.4 Å². The zero-order valence-electron chi connectivity index (χ0n) is 29.4. The smallest absolute Gasteiger partial charge is 0.409 e. The predicted octanol–water partition coefficient (Wildman–Crippen LogP) is 5.47. The quantitative estimate of drug-likeness (QED) is 0.0923. The lowest BCUT2D eigenvalue weighted by atomic mass is 9.96. The molecule has 1 aliphatic carbocycles. The van der Waals surface area contributed by atoms with Crippen LogP contribution in [0.1, 0.15) is 56.4 Å². The molecular weight excluding hydrogens is 713 g/mol. The number of thiazole rings is 1. The summed E-state index contributed by atoms with van der Waals surface area (Å²) in [6.45, 7) is 5.06. The van der Waals surface area contributed by atoms with Crippen molar-refractivity contribution in [2.24, 2.45) is 11.7 Å². The summed E-state index contributed by atoms with van der Waals surface area (Å²) in [7, 11) is 0. The third kappa shape index (κ3) is 7.66. The van der Waals surface area contributed by atoms with Gasteiger partial charge in [0.2, 0.25) is 0 Å². The van der Waals surface area contributed by atoms with Gasteiger partial charge < -0.3 is 20.5 Å². The summed E-state index contributed by atoms with van der Waals surface area (Å²) >= 11 is 2.61. The van der Waals surface area contributed by atoms with Gasteiger partial charge in [-0.25, -0.2) is 14.6 Å². The van der Waals surface area contributed by atoms with Gasteiger partial charge in [0.15, 0.2) is 16.9 Å². The minimum Gasteiger partial charge on any atom is -0.448 e. The van der Waals surface area contributed by atoms with Gasteiger partial charge in [-0.3, -0.25) is 25.5 Å². The number of ether oxygens (including phenoxy) is 2. The van der Waals surface area contributed by atoms with Gasteiger partial charge in [-0.05, 0) is 68.4 Å². The third-order valence-corrected chi connectivity index (χ3v) is 11.2. The highest BCUT2D eigenvalue weighted by molar-refractivity contribution is 8.00. The Hall–Kier alpha value is -5.18. The van der Waals surface area contributed by atoms with Crippen molar-refractivity contribution in [1.29, 1.82) is 0 Å². The minimum absolute atomic E-state index is 0.136. The van der Waals surface area contributed by atoms with Crippen LogP contribution in [-0.4, -0.2) is 56.5 Å². The number of benzene rings is 3. The molecule has 4 aromatic rings. The van der Waals surface area contributed by atoms with E-state index in [4.69, 9.17) is 20.9 Å². The molecule has 1 aromatic heterocycles. The van der Waals surface area contributed by atoms with Crippen LogP contribution in [-0.2, 0) is 29.5 Å². The molecule has 0 radical (unpaired) electrons. The zero-order chi connectivity index (χ0) is 37.5. The van der Waals surface area contributed by atoms with Crippen molar-refractivity contribution in [3.63, 3.8) is 0 Å². The van der Waals surface area contributed by atoms with Gasteiger partial charge in [0.05, 0.1) is 10.2 Å². The van der Waals surface area contributed by atoms with Crippen LogP contribution in [0.25, 0.3) is 10.2 Å². The van der Waals surface area contributed by atoms with Crippen LogP contribution in [0.15, 0.2) is 102 Å². The van der Waals surface area contributed by atoms with Crippen LogP contribution in [0.2, 0.25) is 0 Å². The number of nitrogen functional groups attached to an aromatic ring is 1. The first kappa shape index (κ1) is 36.2. The van der Waals surface area contributed by atoms with Gasteiger partial charge in [-0.2, -0.15) is 0 Å². The maximum atomic E-state index is 14.3. The highest BCUT2D eigenvalue weighted by atomic mass is 32.2. The summed E-state index contributed by atoms with van der Waals surface area (Å²) in [4.78, 5) is 61.3. The van der Waals surface area contributed by atoms with Crippen molar-refractivity contribution in [3.8, 4) is 0 Å². The van der Waals surface area contributed by atoms with Crippen LogP contribution in [0.5, 0.6) is 0 Å². The number of allylic oxidation sites excluding steroid dienone is 2. The molecule has 6 N–H and O–H groups in total. The molecule has 12 nitrogen and oxygen atoms in total. The number of alkyl carbamates (subject to hydrolysis) is 1. The molecule has 2 aliphatic heterocycles. The number of anilines is 1. The number of thioether (sulfide) groups is 1. The topological polar surface area (TPSA) is 179 Å². The Bertz CT molecular complexity index is 2090. The van der Waals surface area contributed by atoms with Crippen LogP contribution in [0.3, 0.4) is 0 Å². The molecule has 0 spiro atoms. The number of nitrogens with one attached hydrogen (secondary N) is 2. The molecule has 3 amide bonds. The molecule has 1 saturated heterocycles. The maximum Gasteiger partial charge on any atom is 0.409 e. The standard InChI is InChI=1S/C39H40N6O6S2/c1-38(2,3)51-37(49)44-39(41,26-18-19-27-28(20-26)53-36(40)42-27)35(48)43-29-32(46)45-30(25(21-52-33(29)45)17-16-22-14-15-22)34(47)50-31(23-10-6-4-7-11-23)24-12-8-5-9-13-24/h4-13,16-20,22,29,31,33H,14-15,21,41H2,1-3H3,(H2,40,42)(H,43,48)(H,44,49)/b17-16-/t29?,33-,39?/m0/s1. The van der Waals surface area contributed by atoms with E-state index in [0.29, 0.717) is 32.6 Å². The lowest BCUT2D eigenvalue weighted by molar-refractivity contribution is -0.155. The average molecular weight is 753 g/mol. The molecule has 2 fully saturated rings. The molecule has 53 heavy (non-hydrogen) atoms. The molecule has 3 atom stereocenters. The molecule has 3 aliphatic rings. The van der Waals surface area contributed by atoms with Crippen LogP contribution < -0.4 is 22.1 Å². The molecule has 2 unspecified atom stereocenters. The Kier molecular flexibility index (Phi) is 9.79. The second kappa shape index (κ2) is 14.3. The monoisotopic (exact) mass is 752 g/mol. The summed E-state index contributed by atoms with van der Waals surface area (Å²) in [5.74, 6) is -1.19. The Labute approximate surface area is 315 Å². The number of carbonyl (C=O) groups is 4. The molecule has 7 rings (SSSR count). The molecule has 14 heteroatoms. The molecule has 0 bridgehead atoms. The Morgan fingerprint density at radius 2 is 1.66 bits per heavy atom. The number of hydrogen-bond donors (Lipinski definition) is 4. The van der Waals surface area contributed by atoms with Gasteiger partial charge >= 0.3 is 12.1 Å². The van der Waals surface area contributed by atoms with E-state index in [2.05, 4.69) is 21.7 Å². The second-order valence-corrected chi connectivity index (χ2v) is 16.4. The first-order valence-electron chi connectivity index (χ1n) is 17.3. The number of rotatable bonds is 10. The summed E-state index contributed by atoms with van der Waals surface area (Å²) in [5, 5.41) is 4.99. The van der Waals surface area contributed by atoms with Crippen molar-refractivity contribution >= 4 is 62.3 Å². The Balaban J connectivity index is 1.17. The SMILES string of the molecule is CC(C)(C)OC(=O)NC(N)(C(=O)NC1C(=O)N2C(C(=O)OC(c3ccccc3)c3ccccc3)=C(/C=C\C3CC3)CS[C@@H]12)c1ccc2nc(N)sc2c1. The number of nitrogens with two attached hydrogens (primary N) is 2. The Morgan fingerprint density at radius 1 is 1.00 bits per heavy atom. The summed E-state index contributed by atoms with van der Waals surface area (Å²) < 4.78 is 12.4. The Morgan fingerprint density at radius 3 is 2.28 bits per heavy atom. The van der Waals surface area contributed by atoms with Gasteiger partial charge in [0.25, 0.3) is 11.8 Å². The molecule has 3 aromatic carbocycles. The number of β-lactam (4-membered cyclic amide) rings is 1. The minimum atomic E-state index is -2.16. The fourth-order valence-corrected chi connectivity index (χ4v) is 8.31. The van der Waals surface area contributed by atoms with E-state index < -0.39 is 52.7 Å². The fourth-order valence-electron chi connectivity index (χ4n) is 6.22. The van der Waals surface area contributed by atoms with E-state index in [0.717, 1.165) is 24.0 Å². The van der Waals surface area contributed by atoms with E-state index >= 15 is 0 Å². The first-order chi connectivity index (χ1) is 25.3. The van der Waals surface area contributed by atoms with Crippen molar-refractivity contribution in [3.05, 3.63) is 119 Å². The van der Waals surface area contributed by atoms with Gasteiger partial charge in [-0.15, -0.1) is 11.8 Å². The number of nitrogens with zero attached hydrogens (tertiary/aromatic N) is 2. The number of carbonyl (C=O) groups excluding carboxylic acids is 4. The van der Waals surface area contributed by atoms with Crippen molar-refractivity contribution in [1.82, 2.24) is 20.5 Å². The van der Waals surface area contributed by atoms with E-state index in [1.165, 1.54) is 28.0 Å². The first-order valence-corrected chi connectivity index (χ1v) is 19.1. The number of amides is 3. The third-order valence-electron chi connectivity index (χ3n) is 9.02. The molecule has 3 heterocycles. The van der Waals surface area contributed by atoms with E-state index in [9.17, 15) is 19.2 Å². The van der Waals surface area contributed by atoms with Gasteiger partial charge in [-0.1, -0.05) is 90.2 Å². The predicted molar refractivity (Wildman–Crippen MR) is 204 cm³/mol. The number of esters is 1. The summed E-state index contributed by atoms with van der Waals surface area (Å²) in [5.41, 5.74) is 12.8.